The van der Waals surface area contributed by atoms with Crippen molar-refractivity contribution >= 4 is 22.4 Å². The number of fused-ring (bicyclic) bond motifs is 6. The molecule has 0 radical (unpaired) electrons. The third-order valence-electron chi connectivity index (χ3n) is 7.11. The van der Waals surface area contributed by atoms with Gasteiger partial charge in [0.2, 0.25) is 5.91 Å². The van der Waals surface area contributed by atoms with E-state index < -0.39 is 35.4 Å². The summed E-state index contributed by atoms with van der Waals surface area (Å²) in [4.78, 5) is 14.9. The highest BCUT2D eigenvalue weighted by Gasteiger charge is 2.76. The molecule has 3 fully saturated rings. The van der Waals surface area contributed by atoms with Crippen LogP contribution in [0.4, 0.5) is 5.69 Å². The molecule has 3 aliphatic rings. The van der Waals surface area contributed by atoms with Gasteiger partial charge in [-0.05, 0) is 19.1 Å². The number of nitrogens with zero attached hydrogens (tertiary/aromatic N) is 2. The summed E-state index contributed by atoms with van der Waals surface area (Å²) in [5.74, 6) is -1.56. The van der Waals surface area contributed by atoms with E-state index in [9.17, 15) is 25.4 Å². The lowest BCUT2D eigenvalue weighted by Gasteiger charge is -2.36. The summed E-state index contributed by atoms with van der Waals surface area (Å²) in [6.45, 7) is 1.55. The average Bonchev–Trinajstić information content (AvgIpc) is 3.23. The summed E-state index contributed by atoms with van der Waals surface area (Å²) in [5.41, 5.74) is -1.02. The third-order valence-corrected chi connectivity index (χ3v) is 7.11. The van der Waals surface area contributed by atoms with Gasteiger partial charge in [0, 0.05) is 36.1 Å². The van der Waals surface area contributed by atoms with Crippen LogP contribution in [0.2, 0.25) is 0 Å². The summed E-state index contributed by atoms with van der Waals surface area (Å²) < 4.78 is 6.16. The summed E-state index contributed by atoms with van der Waals surface area (Å²) in [7, 11) is 0. The molecule has 1 amide bonds. The van der Waals surface area contributed by atoms with Gasteiger partial charge < -0.3 is 20.1 Å². The summed E-state index contributed by atoms with van der Waals surface area (Å²) >= 11 is 0. The largest absolute Gasteiger partial charge is 0.396 e. The van der Waals surface area contributed by atoms with E-state index in [0.717, 1.165) is 0 Å². The molecule has 29 heavy (non-hydrogen) atoms. The van der Waals surface area contributed by atoms with Crippen molar-refractivity contribution < 1.29 is 24.9 Å². The molecular weight excluding hydrogens is 372 g/mol. The van der Waals surface area contributed by atoms with Crippen molar-refractivity contribution in [2.24, 2.45) is 11.8 Å². The Morgan fingerprint density at radius 1 is 1.24 bits per heavy atom. The zero-order chi connectivity index (χ0) is 20.6. The van der Waals surface area contributed by atoms with Gasteiger partial charge in [0.1, 0.15) is 11.8 Å². The Kier molecular flexibility index (Phi) is 3.83. The molecule has 3 saturated heterocycles. The molecule has 0 spiro atoms. The molecular formula is C22H22N2O5. The van der Waals surface area contributed by atoms with Crippen LogP contribution in [0.5, 0.6) is 0 Å². The van der Waals surface area contributed by atoms with E-state index in [1.807, 2.05) is 24.3 Å². The molecule has 3 aliphatic heterocycles. The molecule has 2 aromatic carbocycles. The molecule has 2 bridgehead atoms. The number of ether oxygens (including phenoxy) is 1. The van der Waals surface area contributed by atoms with Crippen molar-refractivity contribution in [1.82, 2.24) is 0 Å². The first-order valence-corrected chi connectivity index (χ1v) is 9.80. The van der Waals surface area contributed by atoms with E-state index in [1.165, 1.54) is 4.90 Å². The minimum absolute atomic E-state index is 0.160. The molecule has 2 aromatic rings. The van der Waals surface area contributed by atoms with E-state index in [2.05, 4.69) is 6.07 Å². The van der Waals surface area contributed by atoms with Crippen molar-refractivity contribution in [1.29, 1.82) is 5.26 Å². The number of amides is 1. The Balaban J connectivity index is 1.67. The summed E-state index contributed by atoms with van der Waals surface area (Å²) in [6.07, 6.45) is -1.47. The van der Waals surface area contributed by atoms with Gasteiger partial charge >= 0.3 is 0 Å². The molecule has 0 aliphatic carbocycles. The van der Waals surface area contributed by atoms with Gasteiger partial charge in [0.05, 0.1) is 34.9 Å². The quantitative estimate of drug-likeness (QED) is 0.723. The van der Waals surface area contributed by atoms with Gasteiger partial charge in [-0.15, -0.1) is 0 Å². The second kappa shape index (κ2) is 6.00. The molecule has 3 heterocycles. The van der Waals surface area contributed by atoms with Gasteiger partial charge in [-0.25, -0.2) is 0 Å². The SMILES string of the molecule is CC12OC(CCO)(C[C@@H]1O)[C@H]1C(O)N(c3ccc(C#N)c4ccccc34)C(=O)C12. The molecule has 0 aromatic heterocycles. The zero-order valence-corrected chi connectivity index (χ0v) is 15.9. The summed E-state index contributed by atoms with van der Waals surface area (Å²) in [5, 5.41) is 42.3. The topological polar surface area (TPSA) is 114 Å². The lowest BCUT2D eigenvalue weighted by molar-refractivity contribution is -0.132. The normalized spacial score (nSPS) is 37.9. The van der Waals surface area contributed by atoms with Gasteiger partial charge in [0.25, 0.3) is 0 Å². The van der Waals surface area contributed by atoms with Crippen molar-refractivity contribution in [2.75, 3.05) is 11.5 Å². The monoisotopic (exact) mass is 394 g/mol. The number of benzene rings is 2. The molecule has 0 saturated carbocycles. The van der Waals surface area contributed by atoms with Crippen LogP contribution in [0, 0.1) is 23.2 Å². The fourth-order valence-corrected chi connectivity index (χ4v) is 5.86. The second-order valence-electron chi connectivity index (χ2n) is 8.46. The third kappa shape index (κ3) is 2.17. The minimum atomic E-state index is -1.15. The Morgan fingerprint density at radius 2 is 1.97 bits per heavy atom. The van der Waals surface area contributed by atoms with E-state index in [0.29, 0.717) is 22.0 Å². The first-order valence-electron chi connectivity index (χ1n) is 9.80. The molecule has 4 unspecified atom stereocenters. The standard InChI is InChI=1S/C22H22N2O5/c1-21-16(26)10-22(29-21,8-9-25)18-17(21)19(27)24(20(18)28)15-7-6-12(11-23)13-4-2-3-5-14(13)15/h2-7,16-18,20,25-26,28H,8-10H2,1H3/t16-,17?,18+,20?,21?,22?/m0/s1. The average molecular weight is 394 g/mol. The van der Waals surface area contributed by atoms with Gasteiger partial charge in [-0.1, -0.05) is 24.3 Å². The van der Waals surface area contributed by atoms with Gasteiger partial charge in [-0.2, -0.15) is 5.26 Å². The number of hydrogen-bond donors (Lipinski definition) is 3. The number of carbonyl (C=O) groups excluding carboxylic acids is 1. The molecule has 5 rings (SSSR count). The maximum atomic E-state index is 13.5. The Bertz CT molecular complexity index is 1060. The van der Waals surface area contributed by atoms with E-state index >= 15 is 0 Å². The van der Waals surface area contributed by atoms with Crippen molar-refractivity contribution in [2.45, 2.75) is 43.3 Å². The van der Waals surface area contributed by atoms with Gasteiger partial charge in [-0.3, -0.25) is 9.69 Å². The van der Waals surface area contributed by atoms with Gasteiger partial charge in [0.15, 0.2) is 0 Å². The van der Waals surface area contributed by atoms with Crippen LogP contribution in [0.3, 0.4) is 0 Å². The highest BCUT2D eigenvalue weighted by atomic mass is 16.6. The van der Waals surface area contributed by atoms with Crippen LogP contribution in [-0.2, 0) is 9.53 Å². The van der Waals surface area contributed by atoms with E-state index in [4.69, 9.17) is 4.74 Å². The number of rotatable bonds is 3. The first kappa shape index (κ1) is 18.5. The fraction of sp³-hybridized carbons (Fsp3) is 0.455. The van der Waals surface area contributed by atoms with Crippen LogP contribution in [0.1, 0.15) is 25.3 Å². The lowest BCUT2D eigenvalue weighted by Crippen LogP contribution is -2.50. The molecule has 150 valence electrons. The number of nitriles is 1. The van der Waals surface area contributed by atoms with E-state index in [-0.39, 0.29) is 25.4 Å². The number of carbonyl (C=O) groups is 1. The lowest BCUT2D eigenvalue weighted by atomic mass is 9.65. The highest BCUT2D eigenvalue weighted by Crippen LogP contribution is 2.63. The van der Waals surface area contributed by atoms with Crippen LogP contribution >= 0.6 is 0 Å². The number of aliphatic hydroxyl groups is 3. The molecule has 7 heteroatoms. The number of hydrogen-bond acceptors (Lipinski definition) is 6. The van der Waals surface area contributed by atoms with Crippen molar-refractivity contribution in [3.63, 3.8) is 0 Å². The van der Waals surface area contributed by atoms with Crippen LogP contribution in [0.15, 0.2) is 36.4 Å². The second-order valence-corrected chi connectivity index (χ2v) is 8.46. The maximum Gasteiger partial charge on any atom is 0.235 e. The Morgan fingerprint density at radius 3 is 2.66 bits per heavy atom. The first-order chi connectivity index (χ1) is 13.9. The van der Waals surface area contributed by atoms with E-state index in [1.54, 1.807) is 19.1 Å². The predicted molar refractivity (Wildman–Crippen MR) is 104 cm³/mol. The van der Waals surface area contributed by atoms with Crippen LogP contribution in [-0.4, -0.2) is 51.4 Å². The predicted octanol–water partition coefficient (Wildman–Crippen LogP) is 1.28. The summed E-state index contributed by atoms with van der Waals surface area (Å²) in [6, 6.07) is 12.8. The Labute approximate surface area is 167 Å². The molecule has 6 atom stereocenters. The number of aliphatic hydroxyl groups excluding tert-OH is 3. The minimum Gasteiger partial charge on any atom is -0.396 e. The number of anilines is 1. The van der Waals surface area contributed by atoms with Crippen LogP contribution in [0.25, 0.3) is 10.8 Å². The van der Waals surface area contributed by atoms with Crippen molar-refractivity contribution in [3.8, 4) is 6.07 Å². The van der Waals surface area contributed by atoms with Crippen LogP contribution < -0.4 is 4.90 Å². The Hall–Kier alpha value is -2.50. The smallest absolute Gasteiger partial charge is 0.235 e. The zero-order valence-electron chi connectivity index (χ0n) is 15.9. The maximum absolute atomic E-state index is 13.5. The highest BCUT2D eigenvalue weighted by molar-refractivity contribution is 6.08. The fourth-order valence-electron chi connectivity index (χ4n) is 5.86. The molecule has 3 N–H and O–H groups in total. The molecule has 7 nitrogen and oxygen atoms in total. The van der Waals surface area contributed by atoms with Crippen molar-refractivity contribution in [3.05, 3.63) is 42.0 Å².